The molecule has 0 atom stereocenters. The highest BCUT2D eigenvalue weighted by atomic mass is 79.9. The van der Waals surface area contributed by atoms with Gasteiger partial charge < -0.3 is 10.0 Å². The van der Waals surface area contributed by atoms with Crippen molar-refractivity contribution in [2.24, 2.45) is 5.92 Å². The SMILES string of the molecule is Cl.O=C(O)C1CCN(c2ccc(Br)cn2)CC1. The Balaban J connectivity index is 0.00000144. The zero-order valence-electron chi connectivity index (χ0n) is 9.17. The molecule has 1 N–H and O–H groups in total. The highest BCUT2D eigenvalue weighted by Crippen LogP contribution is 2.22. The smallest absolute Gasteiger partial charge is 0.306 e. The zero-order chi connectivity index (χ0) is 11.5. The van der Waals surface area contributed by atoms with Gasteiger partial charge in [-0.05, 0) is 40.9 Å². The lowest BCUT2D eigenvalue weighted by atomic mass is 9.97. The van der Waals surface area contributed by atoms with Crippen LogP contribution in [0.4, 0.5) is 5.82 Å². The lowest BCUT2D eigenvalue weighted by Gasteiger charge is -2.30. The van der Waals surface area contributed by atoms with Crippen molar-refractivity contribution >= 4 is 40.1 Å². The first-order valence-electron chi connectivity index (χ1n) is 5.26. The van der Waals surface area contributed by atoms with E-state index in [1.54, 1.807) is 6.20 Å². The van der Waals surface area contributed by atoms with Crippen LogP contribution >= 0.6 is 28.3 Å². The molecule has 0 amide bonds. The van der Waals surface area contributed by atoms with Crippen molar-refractivity contribution in [1.29, 1.82) is 0 Å². The number of aliphatic carboxylic acids is 1. The van der Waals surface area contributed by atoms with Gasteiger partial charge in [0.15, 0.2) is 0 Å². The van der Waals surface area contributed by atoms with Crippen LogP contribution in [0, 0.1) is 5.92 Å². The van der Waals surface area contributed by atoms with E-state index in [1.807, 2.05) is 12.1 Å². The summed E-state index contributed by atoms with van der Waals surface area (Å²) in [7, 11) is 0. The molecule has 0 bridgehead atoms. The molecule has 17 heavy (non-hydrogen) atoms. The molecule has 1 aromatic rings. The Morgan fingerprint density at radius 2 is 2.06 bits per heavy atom. The standard InChI is InChI=1S/C11H13BrN2O2.ClH/c12-9-1-2-10(13-7-9)14-5-3-8(4-6-14)11(15)16;/h1-2,7-8H,3-6H2,(H,15,16);1H. The number of carbonyl (C=O) groups is 1. The number of anilines is 1. The van der Waals surface area contributed by atoms with Crippen molar-refractivity contribution in [2.45, 2.75) is 12.8 Å². The third kappa shape index (κ3) is 3.57. The minimum Gasteiger partial charge on any atom is -0.481 e. The molecule has 0 radical (unpaired) electrons. The normalized spacial score (nSPS) is 16.4. The third-order valence-electron chi connectivity index (χ3n) is 2.88. The average Bonchev–Trinajstić information content (AvgIpc) is 2.30. The van der Waals surface area contributed by atoms with E-state index in [9.17, 15) is 4.79 Å². The molecule has 1 fully saturated rings. The Bertz CT molecular complexity index is 378. The van der Waals surface area contributed by atoms with E-state index < -0.39 is 5.97 Å². The second-order valence-corrected chi connectivity index (χ2v) is 4.85. The molecule has 1 aromatic heterocycles. The van der Waals surface area contributed by atoms with Crippen LogP contribution < -0.4 is 4.90 Å². The predicted molar refractivity (Wildman–Crippen MR) is 71.8 cm³/mol. The van der Waals surface area contributed by atoms with Crippen molar-refractivity contribution in [3.05, 3.63) is 22.8 Å². The van der Waals surface area contributed by atoms with Crippen LogP contribution in [0.3, 0.4) is 0 Å². The number of halogens is 2. The van der Waals surface area contributed by atoms with Gasteiger partial charge in [0.1, 0.15) is 5.82 Å². The highest BCUT2D eigenvalue weighted by molar-refractivity contribution is 9.10. The van der Waals surface area contributed by atoms with E-state index in [2.05, 4.69) is 25.8 Å². The van der Waals surface area contributed by atoms with Gasteiger partial charge in [-0.1, -0.05) is 0 Å². The predicted octanol–water partition coefficient (Wildman–Crippen LogP) is 2.57. The van der Waals surface area contributed by atoms with Gasteiger partial charge in [0.25, 0.3) is 0 Å². The Morgan fingerprint density at radius 3 is 2.53 bits per heavy atom. The second kappa shape index (κ2) is 6.21. The molecule has 1 aliphatic heterocycles. The van der Waals surface area contributed by atoms with Crippen molar-refractivity contribution in [2.75, 3.05) is 18.0 Å². The molecule has 0 saturated carbocycles. The molecular weight excluding hydrogens is 307 g/mol. The Hall–Kier alpha value is -0.810. The summed E-state index contributed by atoms with van der Waals surface area (Å²) >= 11 is 3.34. The third-order valence-corrected chi connectivity index (χ3v) is 3.35. The van der Waals surface area contributed by atoms with Crippen molar-refractivity contribution in [1.82, 2.24) is 4.98 Å². The summed E-state index contributed by atoms with van der Waals surface area (Å²) < 4.78 is 0.955. The number of pyridine rings is 1. The number of aromatic nitrogens is 1. The van der Waals surface area contributed by atoms with Crippen LogP contribution in [-0.2, 0) is 4.79 Å². The quantitative estimate of drug-likeness (QED) is 0.909. The number of hydrogen-bond donors (Lipinski definition) is 1. The van der Waals surface area contributed by atoms with Gasteiger partial charge in [0.2, 0.25) is 0 Å². The number of rotatable bonds is 2. The minimum absolute atomic E-state index is 0. The van der Waals surface area contributed by atoms with Gasteiger partial charge in [-0.3, -0.25) is 4.79 Å². The molecule has 1 aliphatic rings. The molecule has 2 rings (SSSR count). The highest BCUT2D eigenvalue weighted by Gasteiger charge is 2.24. The van der Waals surface area contributed by atoms with Crippen LogP contribution in [0.15, 0.2) is 22.8 Å². The van der Waals surface area contributed by atoms with E-state index in [0.717, 1.165) is 23.4 Å². The summed E-state index contributed by atoms with van der Waals surface area (Å²) in [5, 5.41) is 8.89. The van der Waals surface area contributed by atoms with Crippen molar-refractivity contribution in [3.8, 4) is 0 Å². The van der Waals surface area contributed by atoms with Crippen LogP contribution in [0.5, 0.6) is 0 Å². The van der Waals surface area contributed by atoms with Crippen LogP contribution in [0.2, 0.25) is 0 Å². The maximum Gasteiger partial charge on any atom is 0.306 e. The fourth-order valence-corrected chi connectivity index (χ4v) is 2.15. The number of hydrogen-bond acceptors (Lipinski definition) is 3. The molecule has 4 nitrogen and oxygen atoms in total. The number of nitrogens with zero attached hydrogens (tertiary/aromatic N) is 2. The summed E-state index contributed by atoms with van der Waals surface area (Å²) in [6.45, 7) is 1.54. The fraction of sp³-hybridized carbons (Fsp3) is 0.455. The molecule has 94 valence electrons. The van der Waals surface area contributed by atoms with Gasteiger partial charge >= 0.3 is 5.97 Å². The van der Waals surface area contributed by atoms with E-state index in [0.29, 0.717) is 12.8 Å². The van der Waals surface area contributed by atoms with Gasteiger partial charge in [-0.25, -0.2) is 4.98 Å². The largest absolute Gasteiger partial charge is 0.481 e. The topological polar surface area (TPSA) is 53.4 Å². The summed E-state index contributed by atoms with van der Waals surface area (Å²) in [6.07, 6.45) is 3.17. The number of carboxylic acids is 1. The molecule has 0 aliphatic carbocycles. The van der Waals surface area contributed by atoms with Gasteiger partial charge in [0, 0.05) is 23.8 Å². The average molecular weight is 322 g/mol. The van der Waals surface area contributed by atoms with Crippen LogP contribution in [0.1, 0.15) is 12.8 Å². The van der Waals surface area contributed by atoms with Crippen molar-refractivity contribution in [3.63, 3.8) is 0 Å². The van der Waals surface area contributed by atoms with Gasteiger partial charge in [-0.2, -0.15) is 0 Å². The summed E-state index contributed by atoms with van der Waals surface area (Å²) in [6, 6.07) is 3.90. The maximum absolute atomic E-state index is 10.8. The molecule has 0 aromatic carbocycles. The first-order valence-corrected chi connectivity index (χ1v) is 6.05. The zero-order valence-corrected chi connectivity index (χ0v) is 11.6. The molecule has 0 unspecified atom stereocenters. The van der Waals surface area contributed by atoms with E-state index in [1.165, 1.54) is 0 Å². The minimum atomic E-state index is -0.677. The van der Waals surface area contributed by atoms with Crippen molar-refractivity contribution < 1.29 is 9.90 Å². The summed E-state index contributed by atoms with van der Waals surface area (Å²) in [4.78, 5) is 17.2. The Morgan fingerprint density at radius 1 is 1.41 bits per heavy atom. The molecule has 0 spiro atoms. The fourth-order valence-electron chi connectivity index (χ4n) is 1.91. The van der Waals surface area contributed by atoms with E-state index >= 15 is 0 Å². The van der Waals surface area contributed by atoms with Gasteiger partial charge in [0.05, 0.1) is 5.92 Å². The molecule has 6 heteroatoms. The molecular formula is C11H14BrClN2O2. The first-order chi connectivity index (χ1) is 7.66. The maximum atomic E-state index is 10.8. The lowest BCUT2D eigenvalue weighted by Crippen LogP contribution is -2.36. The molecule has 1 saturated heterocycles. The monoisotopic (exact) mass is 320 g/mol. The van der Waals surface area contributed by atoms with E-state index in [-0.39, 0.29) is 18.3 Å². The Labute approximate surface area is 115 Å². The molecule has 2 heterocycles. The van der Waals surface area contributed by atoms with E-state index in [4.69, 9.17) is 5.11 Å². The Kier molecular flexibility index (Phi) is 5.21. The second-order valence-electron chi connectivity index (χ2n) is 3.93. The lowest BCUT2D eigenvalue weighted by molar-refractivity contribution is -0.142. The first kappa shape index (κ1) is 14.3. The van der Waals surface area contributed by atoms with Crippen LogP contribution in [0.25, 0.3) is 0 Å². The number of carboxylic acid groups (broad SMARTS) is 1. The number of piperidine rings is 1. The summed E-state index contributed by atoms with van der Waals surface area (Å²) in [5.74, 6) is 0.0575. The summed E-state index contributed by atoms with van der Waals surface area (Å²) in [5.41, 5.74) is 0. The van der Waals surface area contributed by atoms with Gasteiger partial charge in [-0.15, -0.1) is 12.4 Å². The van der Waals surface area contributed by atoms with Crippen LogP contribution in [-0.4, -0.2) is 29.1 Å².